The van der Waals surface area contributed by atoms with Gasteiger partial charge >= 0.3 is 16.1 Å². The van der Waals surface area contributed by atoms with Gasteiger partial charge in [-0.1, -0.05) is 24.3 Å². The van der Waals surface area contributed by atoms with Gasteiger partial charge in [0, 0.05) is 0 Å². The van der Waals surface area contributed by atoms with Gasteiger partial charge < -0.3 is 20.1 Å². The number of para-hydroxylation sites is 1. The van der Waals surface area contributed by atoms with Gasteiger partial charge in [0.1, 0.15) is 22.4 Å². The Balaban J connectivity index is 2.18. The van der Waals surface area contributed by atoms with Crippen LogP contribution in [0.1, 0.15) is 11.1 Å². The molecule has 0 heterocycles. The van der Waals surface area contributed by atoms with Gasteiger partial charge in [-0.25, -0.2) is 0 Å². The molecule has 2 aromatic rings. The average molecular weight is 351 g/mol. The lowest BCUT2D eigenvalue weighted by atomic mass is 10.1. The fourth-order valence-corrected chi connectivity index (χ4v) is 3.12. The van der Waals surface area contributed by atoms with Gasteiger partial charge in [-0.2, -0.15) is 8.42 Å². The Morgan fingerprint density at radius 3 is 2.42 bits per heavy atom. The van der Waals surface area contributed by atoms with Crippen LogP contribution in [0.5, 0.6) is 11.5 Å². The summed E-state index contributed by atoms with van der Waals surface area (Å²) in [4.78, 5) is 10.4. The first kappa shape index (κ1) is 17.8. The third-order valence-corrected chi connectivity index (χ3v) is 4.65. The van der Waals surface area contributed by atoms with Gasteiger partial charge in [0.2, 0.25) is 0 Å². The zero-order valence-electron chi connectivity index (χ0n) is 12.8. The number of rotatable bonds is 6. The van der Waals surface area contributed by atoms with E-state index in [1.807, 2.05) is 0 Å². The predicted octanol–water partition coefficient (Wildman–Crippen LogP) is 1.42. The minimum Gasteiger partial charge on any atom is -0.506 e. The Morgan fingerprint density at radius 2 is 1.83 bits per heavy atom. The third-order valence-electron chi connectivity index (χ3n) is 3.37. The normalized spacial score (nSPS) is 12.6. The number of hydrogen-bond donors (Lipinski definition) is 3. The SMILES string of the molecule is Cc1cccc(S(=O)(=O)Oc2ccc(C[C@H](N)C(=O)O)cc2)c1O. The van der Waals surface area contributed by atoms with Crippen molar-refractivity contribution in [2.45, 2.75) is 24.3 Å². The predicted molar refractivity (Wildman–Crippen MR) is 86.4 cm³/mol. The molecular formula is C16H17NO6S. The Bertz CT molecular complexity index is 845. The summed E-state index contributed by atoms with van der Waals surface area (Å²) >= 11 is 0. The molecule has 0 amide bonds. The van der Waals surface area contributed by atoms with Crippen LogP contribution in [-0.2, 0) is 21.3 Å². The van der Waals surface area contributed by atoms with Crippen LogP contribution in [-0.4, -0.2) is 30.6 Å². The highest BCUT2D eigenvalue weighted by Crippen LogP contribution is 2.28. The molecule has 24 heavy (non-hydrogen) atoms. The van der Waals surface area contributed by atoms with Crippen molar-refractivity contribution < 1.29 is 27.6 Å². The molecule has 0 bridgehead atoms. The number of nitrogens with two attached hydrogens (primary N) is 1. The fraction of sp³-hybridized carbons (Fsp3) is 0.188. The molecule has 0 unspecified atom stereocenters. The van der Waals surface area contributed by atoms with Crippen molar-refractivity contribution in [2.75, 3.05) is 0 Å². The highest BCUT2D eigenvalue weighted by molar-refractivity contribution is 7.87. The van der Waals surface area contributed by atoms with Crippen LogP contribution in [0.2, 0.25) is 0 Å². The van der Waals surface area contributed by atoms with Crippen LogP contribution in [0.25, 0.3) is 0 Å². The maximum atomic E-state index is 12.2. The highest BCUT2D eigenvalue weighted by Gasteiger charge is 2.22. The lowest BCUT2D eigenvalue weighted by Gasteiger charge is -2.11. The van der Waals surface area contributed by atoms with E-state index in [9.17, 15) is 18.3 Å². The standard InChI is InChI=1S/C16H17NO6S/c1-10-3-2-4-14(15(10)18)24(21,22)23-12-7-5-11(6-8-12)9-13(17)16(19)20/h2-8,13,18H,9,17H2,1H3,(H,19,20)/t13-/m0/s1. The number of carbonyl (C=O) groups is 1. The summed E-state index contributed by atoms with van der Waals surface area (Å²) in [5.74, 6) is -1.43. The molecule has 0 spiro atoms. The van der Waals surface area contributed by atoms with E-state index in [0.717, 1.165) is 0 Å². The van der Waals surface area contributed by atoms with Crippen LogP contribution in [0.3, 0.4) is 0 Å². The minimum atomic E-state index is -4.18. The average Bonchev–Trinajstić information content (AvgIpc) is 2.51. The summed E-state index contributed by atoms with van der Waals surface area (Å²) in [5, 5.41) is 18.7. The van der Waals surface area contributed by atoms with Crippen LogP contribution >= 0.6 is 0 Å². The van der Waals surface area contributed by atoms with Gasteiger partial charge in [-0.05, 0) is 42.7 Å². The molecule has 0 aliphatic heterocycles. The highest BCUT2D eigenvalue weighted by atomic mass is 32.2. The Morgan fingerprint density at radius 1 is 1.21 bits per heavy atom. The number of aromatic hydroxyl groups is 1. The van der Waals surface area contributed by atoms with E-state index in [4.69, 9.17) is 15.0 Å². The van der Waals surface area contributed by atoms with E-state index in [1.165, 1.54) is 36.4 Å². The summed E-state index contributed by atoms with van der Waals surface area (Å²) in [6.45, 7) is 1.58. The van der Waals surface area contributed by atoms with E-state index < -0.39 is 22.1 Å². The fourth-order valence-electron chi connectivity index (χ4n) is 2.03. The molecular weight excluding hydrogens is 334 g/mol. The van der Waals surface area contributed by atoms with E-state index >= 15 is 0 Å². The van der Waals surface area contributed by atoms with Crippen molar-refractivity contribution in [3.63, 3.8) is 0 Å². The van der Waals surface area contributed by atoms with Crippen LogP contribution in [0, 0.1) is 6.92 Å². The molecule has 1 atom stereocenters. The number of aryl methyl sites for hydroxylation is 1. The van der Waals surface area contributed by atoms with Crippen molar-refractivity contribution in [2.24, 2.45) is 5.73 Å². The first-order valence-corrected chi connectivity index (χ1v) is 8.42. The number of aliphatic carboxylic acids is 1. The smallest absolute Gasteiger partial charge is 0.342 e. The molecule has 2 rings (SSSR count). The summed E-state index contributed by atoms with van der Waals surface area (Å²) in [6, 6.07) is 9.15. The number of phenols is 1. The maximum Gasteiger partial charge on any atom is 0.342 e. The molecule has 0 saturated carbocycles. The second kappa shape index (κ2) is 6.90. The first-order valence-electron chi connectivity index (χ1n) is 7.01. The quantitative estimate of drug-likeness (QED) is 0.672. The van der Waals surface area contributed by atoms with E-state index in [0.29, 0.717) is 11.1 Å². The summed E-state index contributed by atoms with van der Waals surface area (Å²) < 4.78 is 29.5. The minimum absolute atomic E-state index is 0.0450. The molecule has 0 aliphatic rings. The zero-order chi connectivity index (χ0) is 17.9. The van der Waals surface area contributed by atoms with E-state index in [2.05, 4.69) is 0 Å². The van der Waals surface area contributed by atoms with Crippen LogP contribution in [0.4, 0.5) is 0 Å². The lowest BCUT2D eigenvalue weighted by molar-refractivity contribution is -0.138. The summed E-state index contributed by atoms with van der Waals surface area (Å²) in [6.07, 6.45) is 0.112. The zero-order valence-corrected chi connectivity index (χ0v) is 13.7. The second-order valence-corrected chi connectivity index (χ2v) is 6.77. The molecule has 7 nitrogen and oxygen atoms in total. The molecule has 0 aromatic heterocycles. The number of carboxylic acids is 1. The van der Waals surface area contributed by atoms with Crippen molar-refractivity contribution in [3.05, 3.63) is 53.6 Å². The largest absolute Gasteiger partial charge is 0.506 e. The van der Waals surface area contributed by atoms with Crippen molar-refractivity contribution in [1.29, 1.82) is 0 Å². The molecule has 0 saturated heterocycles. The van der Waals surface area contributed by atoms with Crippen molar-refractivity contribution in [3.8, 4) is 11.5 Å². The van der Waals surface area contributed by atoms with E-state index in [-0.39, 0.29) is 22.8 Å². The van der Waals surface area contributed by atoms with Gasteiger partial charge in [-0.3, -0.25) is 4.79 Å². The van der Waals surface area contributed by atoms with E-state index in [1.54, 1.807) is 13.0 Å². The monoisotopic (exact) mass is 351 g/mol. The summed E-state index contributed by atoms with van der Waals surface area (Å²) in [7, 11) is -4.18. The van der Waals surface area contributed by atoms with Gasteiger partial charge in [-0.15, -0.1) is 0 Å². The molecule has 0 radical (unpaired) electrons. The number of benzene rings is 2. The number of carboxylic acid groups (broad SMARTS) is 1. The van der Waals surface area contributed by atoms with Crippen LogP contribution in [0.15, 0.2) is 47.4 Å². The first-order chi connectivity index (χ1) is 11.2. The molecule has 2 aromatic carbocycles. The lowest BCUT2D eigenvalue weighted by Crippen LogP contribution is -2.32. The molecule has 128 valence electrons. The Labute approximate surface area is 139 Å². The van der Waals surface area contributed by atoms with Gasteiger partial charge in [0.05, 0.1) is 0 Å². The molecule has 0 fully saturated rings. The van der Waals surface area contributed by atoms with Gasteiger partial charge in [0.15, 0.2) is 0 Å². The van der Waals surface area contributed by atoms with Crippen LogP contribution < -0.4 is 9.92 Å². The maximum absolute atomic E-state index is 12.2. The topological polar surface area (TPSA) is 127 Å². The number of phenolic OH excluding ortho intramolecular Hbond substituents is 1. The summed E-state index contributed by atoms with van der Waals surface area (Å²) in [5.41, 5.74) is 6.49. The molecule has 4 N–H and O–H groups in total. The van der Waals surface area contributed by atoms with Crippen molar-refractivity contribution >= 4 is 16.1 Å². The van der Waals surface area contributed by atoms with Crippen molar-refractivity contribution in [1.82, 2.24) is 0 Å². The Kier molecular flexibility index (Phi) is 5.10. The van der Waals surface area contributed by atoms with Gasteiger partial charge in [0.25, 0.3) is 0 Å². The Hall–Kier alpha value is -2.58. The second-order valence-electron chi connectivity index (χ2n) is 5.25. The molecule has 8 heteroatoms. The molecule has 0 aliphatic carbocycles. The third kappa shape index (κ3) is 4.03. The number of hydrogen-bond acceptors (Lipinski definition) is 6.